The molecule has 1 nitrogen and oxygen atoms in total. The highest BCUT2D eigenvalue weighted by Crippen LogP contribution is 2.33. The van der Waals surface area contributed by atoms with Gasteiger partial charge in [-0.1, -0.05) is 39.0 Å². The summed E-state index contributed by atoms with van der Waals surface area (Å²) in [6, 6.07) is 0. The van der Waals surface area contributed by atoms with Crippen LogP contribution in [0.1, 0.15) is 45.4 Å². The summed E-state index contributed by atoms with van der Waals surface area (Å²) >= 11 is 0. The molecule has 0 spiro atoms. The Morgan fingerprint density at radius 2 is 1.82 bits per heavy atom. The van der Waals surface area contributed by atoms with Gasteiger partial charge in [0.15, 0.2) is 0 Å². The van der Waals surface area contributed by atoms with E-state index in [-0.39, 0.29) is 0 Å². The zero-order valence-corrected chi connectivity index (χ0v) is 7.68. The smallest absolute Gasteiger partial charge is 0.00745 e. The van der Waals surface area contributed by atoms with E-state index >= 15 is 0 Å². The lowest BCUT2D eigenvalue weighted by molar-refractivity contribution is 0.220. The van der Waals surface area contributed by atoms with E-state index in [1.165, 1.54) is 38.5 Å². The van der Waals surface area contributed by atoms with E-state index in [4.69, 9.17) is 5.73 Å². The van der Waals surface area contributed by atoms with Crippen molar-refractivity contribution in [3.05, 3.63) is 0 Å². The van der Waals surface area contributed by atoms with Gasteiger partial charge in [-0.3, -0.25) is 0 Å². The van der Waals surface area contributed by atoms with E-state index < -0.39 is 0 Å². The Bertz CT molecular complexity index is 99.0. The minimum atomic E-state index is 0.890. The second-order valence-electron chi connectivity index (χ2n) is 3.79. The van der Waals surface area contributed by atoms with E-state index in [1.807, 2.05) is 0 Å². The summed E-state index contributed by atoms with van der Waals surface area (Å²) in [5.41, 5.74) is 5.58. The van der Waals surface area contributed by atoms with Crippen molar-refractivity contribution >= 4 is 0 Å². The number of nitrogens with two attached hydrogens (primary N) is 1. The Morgan fingerprint density at radius 1 is 1.18 bits per heavy atom. The van der Waals surface area contributed by atoms with Crippen LogP contribution in [-0.2, 0) is 0 Å². The van der Waals surface area contributed by atoms with E-state index in [0.29, 0.717) is 0 Å². The Kier molecular flexibility index (Phi) is 3.92. The molecule has 0 aromatic heterocycles. The molecule has 0 amide bonds. The summed E-state index contributed by atoms with van der Waals surface area (Å²) in [5.74, 6) is 1.95. The molecule has 1 heteroatoms. The van der Waals surface area contributed by atoms with Crippen LogP contribution in [0.15, 0.2) is 0 Å². The van der Waals surface area contributed by atoms with Gasteiger partial charge in [0.05, 0.1) is 0 Å². The predicted octanol–water partition coefficient (Wildman–Crippen LogP) is 2.55. The third-order valence-electron chi connectivity index (χ3n) is 3.13. The fraction of sp³-hybridized carbons (Fsp3) is 1.00. The molecule has 11 heavy (non-hydrogen) atoms. The highest BCUT2D eigenvalue weighted by Gasteiger charge is 2.22. The molecule has 2 N–H and O–H groups in total. The highest BCUT2D eigenvalue weighted by atomic mass is 14.5. The first-order chi connectivity index (χ1) is 5.38. The van der Waals surface area contributed by atoms with E-state index in [1.54, 1.807) is 0 Å². The van der Waals surface area contributed by atoms with Crippen molar-refractivity contribution in [3.8, 4) is 0 Å². The van der Waals surface area contributed by atoms with Crippen molar-refractivity contribution in [2.75, 3.05) is 6.54 Å². The Balaban J connectivity index is 2.31. The molecule has 0 aromatic rings. The van der Waals surface area contributed by atoms with Crippen LogP contribution >= 0.6 is 0 Å². The molecule has 1 aliphatic carbocycles. The second-order valence-corrected chi connectivity index (χ2v) is 3.79. The van der Waals surface area contributed by atoms with Crippen molar-refractivity contribution < 1.29 is 0 Å². The summed E-state index contributed by atoms with van der Waals surface area (Å²) < 4.78 is 0. The fourth-order valence-electron chi connectivity index (χ4n) is 2.42. The first-order valence-corrected chi connectivity index (χ1v) is 5.08. The maximum absolute atomic E-state index is 5.58. The quantitative estimate of drug-likeness (QED) is 0.666. The summed E-state index contributed by atoms with van der Waals surface area (Å²) in [4.78, 5) is 0. The van der Waals surface area contributed by atoms with Crippen molar-refractivity contribution in [2.45, 2.75) is 45.4 Å². The number of hydrogen-bond acceptors (Lipinski definition) is 1. The first kappa shape index (κ1) is 9.05. The molecule has 0 radical (unpaired) electrons. The van der Waals surface area contributed by atoms with Gasteiger partial charge in [-0.05, 0) is 24.8 Å². The Hall–Kier alpha value is -0.0400. The van der Waals surface area contributed by atoms with E-state index in [9.17, 15) is 0 Å². The molecule has 0 saturated heterocycles. The SMILES string of the molecule is CCC1CCCCC1CCN. The Morgan fingerprint density at radius 3 is 2.36 bits per heavy atom. The molecule has 66 valence electrons. The van der Waals surface area contributed by atoms with Crippen LogP contribution in [0.4, 0.5) is 0 Å². The van der Waals surface area contributed by atoms with Crippen LogP contribution in [0.2, 0.25) is 0 Å². The van der Waals surface area contributed by atoms with Gasteiger partial charge in [0.1, 0.15) is 0 Å². The normalized spacial score (nSPS) is 32.2. The number of rotatable bonds is 3. The van der Waals surface area contributed by atoms with Crippen LogP contribution in [0.3, 0.4) is 0 Å². The molecular weight excluding hydrogens is 134 g/mol. The largest absolute Gasteiger partial charge is 0.330 e. The lowest BCUT2D eigenvalue weighted by Gasteiger charge is -2.30. The molecule has 0 aromatic carbocycles. The Labute approximate surface area is 70.4 Å². The van der Waals surface area contributed by atoms with Crippen molar-refractivity contribution in [3.63, 3.8) is 0 Å². The predicted molar refractivity (Wildman–Crippen MR) is 49.4 cm³/mol. The van der Waals surface area contributed by atoms with Crippen LogP contribution in [0, 0.1) is 11.8 Å². The molecule has 1 aliphatic rings. The van der Waals surface area contributed by atoms with Crippen molar-refractivity contribution in [1.82, 2.24) is 0 Å². The summed E-state index contributed by atoms with van der Waals surface area (Å²) in [6.07, 6.45) is 8.43. The minimum absolute atomic E-state index is 0.890. The molecule has 1 fully saturated rings. The summed E-state index contributed by atoms with van der Waals surface area (Å²) in [6.45, 7) is 3.21. The molecule has 1 rings (SSSR count). The van der Waals surface area contributed by atoms with Gasteiger partial charge in [0.25, 0.3) is 0 Å². The molecule has 0 bridgehead atoms. The van der Waals surface area contributed by atoms with Crippen LogP contribution < -0.4 is 5.73 Å². The van der Waals surface area contributed by atoms with Gasteiger partial charge in [-0.25, -0.2) is 0 Å². The number of hydrogen-bond donors (Lipinski definition) is 1. The van der Waals surface area contributed by atoms with Crippen LogP contribution in [0.25, 0.3) is 0 Å². The molecular formula is C10H21N. The van der Waals surface area contributed by atoms with Gasteiger partial charge in [-0.15, -0.1) is 0 Å². The van der Waals surface area contributed by atoms with Crippen molar-refractivity contribution in [2.24, 2.45) is 17.6 Å². The first-order valence-electron chi connectivity index (χ1n) is 5.08. The van der Waals surface area contributed by atoms with Crippen molar-refractivity contribution in [1.29, 1.82) is 0 Å². The lowest BCUT2D eigenvalue weighted by atomic mass is 9.76. The standard InChI is InChI=1S/C10H21N/c1-2-9-5-3-4-6-10(9)7-8-11/h9-10H,2-8,11H2,1H3. The average molecular weight is 155 g/mol. The lowest BCUT2D eigenvalue weighted by Crippen LogP contribution is -2.21. The van der Waals surface area contributed by atoms with Gasteiger partial charge in [-0.2, -0.15) is 0 Å². The molecule has 2 unspecified atom stereocenters. The molecule has 1 saturated carbocycles. The highest BCUT2D eigenvalue weighted by molar-refractivity contribution is 4.74. The zero-order valence-electron chi connectivity index (χ0n) is 7.68. The fourth-order valence-corrected chi connectivity index (χ4v) is 2.42. The minimum Gasteiger partial charge on any atom is -0.330 e. The summed E-state index contributed by atoms with van der Waals surface area (Å²) in [7, 11) is 0. The molecule has 2 atom stereocenters. The molecule has 0 heterocycles. The average Bonchev–Trinajstić information content (AvgIpc) is 2.06. The third kappa shape index (κ3) is 2.48. The van der Waals surface area contributed by atoms with Crippen LogP contribution in [0.5, 0.6) is 0 Å². The monoisotopic (exact) mass is 155 g/mol. The molecule has 0 aliphatic heterocycles. The van der Waals surface area contributed by atoms with Gasteiger partial charge in [0.2, 0.25) is 0 Å². The van der Waals surface area contributed by atoms with Crippen LogP contribution in [-0.4, -0.2) is 6.54 Å². The van der Waals surface area contributed by atoms with Gasteiger partial charge < -0.3 is 5.73 Å². The maximum atomic E-state index is 5.58. The van der Waals surface area contributed by atoms with E-state index in [0.717, 1.165) is 18.4 Å². The maximum Gasteiger partial charge on any atom is -0.00745 e. The second kappa shape index (κ2) is 4.76. The van der Waals surface area contributed by atoms with E-state index in [2.05, 4.69) is 6.92 Å². The third-order valence-corrected chi connectivity index (χ3v) is 3.13. The topological polar surface area (TPSA) is 26.0 Å². The van der Waals surface area contributed by atoms with Gasteiger partial charge >= 0.3 is 0 Å². The zero-order chi connectivity index (χ0) is 8.10. The summed E-state index contributed by atoms with van der Waals surface area (Å²) in [5, 5.41) is 0. The van der Waals surface area contributed by atoms with Gasteiger partial charge in [0, 0.05) is 0 Å².